The number of fused-ring (bicyclic) bond motifs is 1. The number of aromatic hydroxyl groups is 1. The van der Waals surface area contributed by atoms with Crippen LogP contribution in [0.3, 0.4) is 0 Å². The van der Waals surface area contributed by atoms with E-state index in [2.05, 4.69) is 19.6 Å². The smallest absolute Gasteiger partial charge is 0.414 e. The van der Waals surface area contributed by atoms with Gasteiger partial charge in [-0.15, -0.1) is 0 Å². The van der Waals surface area contributed by atoms with Crippen LogP contribution in [-0.2, 0) is 12.8 Å². The number of hydrogen-bond acceptors (Lipinski definition) is 7. The van der Waals surface area contributed by atoms with Crippen LogP contribution in [0.4, 0.5) is 5.82 Å². The van der Waals surface area contributed by atoms with Crippen LogP contribution in [0, 0.1) is 0 Å². The van der Waals surface area contributed by atoms with Crippen molar-refractivity contribution in [2.75, 3.05) is 18.0 Å². The standard InChI is InChI=1S/C27H27Cl2N5O2/c28-20-12-8-18(9-13-20)24-25(19-10-14-21(29)15-11-19)32-26-22(30-24)6-5-17-34(26)16-4-2-1-3-7-23-31-27(35)36-33-23/h8-15H,1-7,16-17H2,(H,31,33,35). The first-order valence-electron chi connectivity index (χ1n) is 12.3. The lowest BCUT2D eigenvalue weighted by molar-refractivity contribution is 0.266. The average Bonchev–Trinajstić information content (AvgIpc) is 3.31. The summed E-state index contributed by atoms with van der Waals surface area (Å²) in [5.74, 6) is 1.53. The van der Waals surface area contributed by atoms with Gasteiger partial charge in [-0.1, -0.05) is 65.5 Å². The Kier molecular flexibility index (Phi) is 7.68. The van der Waals surface area contributed by atoms with Crippen LogP contribution in [-0.4, -0.2) is 38.3 Å². The summed E-state index contributed by atoms with van der Waals surface area (Å²) in [5, 5.41) is 14.3. The summed E-state index contributed by atoms with van der Waals surface area (Å²) in [7, 11) is 0. The van der Waals surface area contributed by atoms with E-state index in [4.69, 9.17) is 38.3 Å². The molecule has 0 radical (unpaired) electrons. The molecule has 7 nitrogen and oxygen atoms in total. The number of benzene rings is 2. The molecule has 0 amide bonds. The van der Waals surface area contributed by atoms with Gasteiger partial charge in [0, 0.05) is 40.7 Å². The van der Waals surface area contributed by atoms with Crippen molar-refractivity contribution in [1.29, 1.82) is 0 Å². The van der Waals surface area contributed by atoms with Gasteiger partial charge in [0.1, 0.15) is 0 Å². The molecule has 36 heavy (non-hydrogen) atoms. The summed E-state index contributed by atoms with van der Waals surface area (Å²) < 4.78 is 4.61. The lowest BCUT2D eigenvalue weighted by Crippen LogP contribution is -2.32. The van der Waals surface area contributed by atoms with E-state index in [1.54, 1.807) is 0 Å². The van der Waals surface area contributed by atoms with Crippen LogP contribution >= 0.6 is 23.2 Å². The highest BCUT2D eigenvalue weighted by Crippen LogP contribution is 2.35. The molecule has 5 rings (SSSR count). The fourth-order valence-corrected chi connectivity index (χ4v) is 4.80. The minimum absolute atomic E-state index is 0.368. The van der Waals surface area contributed by atoms with Crippen molar-refractivity contribution < 1.29 is 9.63 Å². The molecule has 1 aliphatic rings. The Morgan fingerprint density at radius 1 is 0.806 bits per heavy atom. The van der Waals surface area contributed by atoms with Gasteiger partial charge in [0.2, 0.25) is 0 Å². The Balaban J connectivity index is 1.33. The zero-order chi connectivity index (χ0) is 24.9. The quantitative estimate of drug-likeness (QED) is 0.242. The van der Waals surface area contributed by atoms with Crippen molar-refractivity contribution in [1.82, 2.24) is 20.1 Å². The predicted molar refractivity (Wildman–Crippen MR) is 142 cm³/mol. The molecule has 0 saturated carbocycles. The molecule has 186 valence electrons. The minimum atomic E-state index is -0.368. The van der Waals surface area contributed by atoms with Crippen molar-refractivity contribution in [3.8, 4) is 28.6 Å². The van der Waals surface area contributed by atoms with E-state index in [-0.39, 0.29) is 6.08 Å². The summed E-state index contributed by atoms with van der Waals surface area (Å²) in [6.07, 6.45) is 6.49. The summed E-state index contributed by atoms with van der Waals surface area (Å²) in [5.41, 5.74) is 4.73. The van der Waals surface area contributed by atoms with Crippen molar-refractivity contribution >= 4 is 29.0 Å². The van der Waals surface area contributed by atoms with Gasteiger partial charge in [-0.2, -0.15) is 4.98 Å². The Labute approximate surface area is 220 Å². The molecule has 0 atom stereocenters. The lowest BCUT2D eigenvalue weighted by atomic mass is 10.0. The Morgan fingerprint density at radius 2 is 1.44 bits per heavy atom. The van der Waals surface area contributed by atoms with Crippen molar-refractivity contribution in [3.63, 3.8) is 0 Å². The number of hydrogen-bond donors (Lipinski definition) is 1. The Hall–Kier alpha value is -3.16. The molecule has 1 N–H and O–H groups in total. The van der Waals surface area contributed by atoms with E-state index >= 15 is 0 Å². The van der Waals surface area contributed by atoms with Gasteiger partial charge in [0.05, 0.1) is 17.1 Å². The van der Waals surface area contributed by atoms with Gasteiger partial charge in [-0.3, -0.25) is 4.52 Å². The molecule has 9 heteroatoms. The molecule has 0 spiro atoms. The largest absolute Gasteiger partial charge is 0.464 e. The molecule has 0 fully saturated rings. The first-order chi connectivity index (χ1) is 17.6. The molecule has 2 aromatic heterocycles. The summed E-state index contributed by atoms with van der Waals surface area (Å²) in [6.45, 7) is 1.91. The second kappa shape index (κ2) is 11.3. The highest BCUT2D eigenvalue weighted by Gasteiger charge is 2.23. The molecule has 2 aromatic carbocycles. The fourth-order valence-electron chi connectivity index (χ4n) is 4.55. The van der Waals surface area contributed by atoms with Crippen LogP contribution in [0.25, 0.3) is 22.5 Å². The topological polar surface area (TPSA) is 88.2 Å². The Morgan fingerprint density at radius 3 is 2.08 bits per heavy atom. The van der Waals surface area contributed by atoms with E-state index in [1.165, 1.54) is 0 Å². The van der Waals surface area contributed by atoms with Gasteiger partial charge in [-0.25, -0.2) is 9.97 Å². The van der Waals surface area contributed by atoms with Crippen LogP contribution < -0.4 is 4.90 Å². The second-order valence-corrected chi connectivity index (χ2v) is 9.83. The maximum atomic E-state index is 9.15. The fraction of sp³-hybridized carbons (Fsp3) is 0.333. The number of anilines is 1. The van der Waals surface area contributed by atoms with E-state index < -0.39 is 0 Å². The summed E-state index contributed by atoms with van der Waals surface area (Å²) in [6, 6.07) is 15.5. The highest BCUT2D eigenvalue weighted by atomic mass is 35.5. The normalized spacial score (nSPS) is 13.1. The van der Waals surface area contributed by atoms with Gasteiger partial charge in [0.15, 0.2) is 11.6 Å². The molecule has 1 aliphatic heterocycles. The SMILES string of the molecule is Oc1nc(CCCCCCN2CCCc3nc(-c4ccc(Cl)cc4)c(-c4ccc(Cl)cc4)nc32)no1. The third-order valence-electron chi connectivity index (χ3n) is 6.36. The molecule has 4 aromatic rings. The highest BCUT2D eigenvalue weighted by molar-refractivity contribution is 6.31. The van der Waals surface area contributed by atoms with Gasteiger partial charge >= 0.3 is 6.08 Å². The minimum Gasteiger partial charge on any atom is -0.464 e. The number of rotatable bonds is 9. The number of halogens is 2. The van der Waals surface area contributed by atoms with Crippen LogP contribution in [0.2, 0.25) is 10.0 Å². The second-order valence-electron chi connectivity index (χ2n) is 8.95. The predicted octanol–water partition coefficient (Wildman–Crippen LogP) is 6.76. The van der Waals surface area contributed by atoms with Gasteiger partial charge in [0.25, 0.3) is 0 Å². The van der Waals surface area contributed by atoms with Gasteiger partial charge < -0.3 is 10.0 Å². The van der Waals surface area contributed by atoms with Crippen molar-refractivity contribution in [3.05, 3.63) is 70.1 Å². The molecular weight excluding hydrogens is 497 g/mol. The molecule has 0 unspecified atom stereocenters. The monoisotopic (exact) mass is 523 g/mol. The average molecular weight is 524 g/mol. The third-order valence-corrected chi connectivity index (χ3v) is 6.86. The maximum absolute atomic E-state index is 9.15. The molecule has 0 aliphatic carbocycles. The lowest BCUT2D eigenvalue weighted by Gasteiger charge is -2.30. The molecule has 3 heterocycles. The van der Waals surface area contributed by atoms with Gasteiger partial charge in [-0.05, 0) is 49.9 Å². The maximum Gasteiger partial charge on any atom is 0.414 e. The third kappa shape index (κ3) is 5.79. The molecule has 0 saturated heterocycles. The van der Waals surface area contributed by atoms with Crippen molar-refractivity contribution in [2.45, 2.75) is 44.9 Å². The number of aryl methyl sites for hydroxylation is 2. The van der Waals surface area contributed by atoms with Crippen molar-refractivity contribution in [2.24, 2.45) is 0 Å². The molecule has 0 bridgehead atoms. The van der Waals surface area contributed by atoms with Crippen LogP contribution in [0.1, 0.15) is 43.6 Å². The zero-order valence-electron chi connectivity index (χ0n) is 19.8. The number of aromatic nitrogens is 4. The number of nitrogens with zero attached hydrogens (tertiary/aromatic N) is 5. The summed E-state index contributed by atoms with van der Waals surface area (Å²) >= 11 is 12.3. The van der Waals surface area contributed by atoms with E-state index in [0.717, 1.165) is 85.6 Å². The number of unbranched alkanes of at least 4 members (excludes halogenated alkanes) is 3. The first kappa shape index (κ1) is 24.5. The van der Waals surface area contributed by atoms with E-state index in [9.17, 15) is 0 Å². The van der Waals surface area contributed by atoms with Crippen LogP contribution in [0.15, 0.2) is 53.1 Å². The summed E-state index contributed by atoms with van der Waals surface area (Å²) in [4.78, 5) is 16.5. The zero-order valence-corrected chi connectivity index (χ0v) is 21.3. The van der Waals surface area contributed by atoms with E-state index in [0.29, 0.717) is 22.3 Å². The molecular formula is C27H27Cl2N5O2. The Bertz CT molecular complexity index is 1310. The van der Waals surface area contributed by atoms with E-state index in [1.807, 2.05) is 48.5 Å². The van der Waals surface area contributed by atoms with Crippen LogP contribution in [0.5, 0.6) is 6.08 Å². The first-order valence-corrected chi connectivity index (χ1v) is 13.0.